The Kier molecular flexibility index (Phi) is 24.9. The summed E-state index contributed by atoms with van der Waals surface area (Å²) in [6.07, 6.45) is -3.83. The van der Waals surface area contributed by atoms with Crippen LogP contribution in [0.5, 0.6) is 0 Å². The first-order chi connectivity index (χ1) is 48.2. The number of ether oxygens (including phenoxy) is 3. The zero-order valence-corrected chi connectivity index (χ0v) is 58.6. The van der Waals surface area contributed by atoms with E-state index in [0.717, 1.165) is 97.5 Å². The third-order valence-corrected chi connectivity index (χ3v) is 20.8. The molecule has 542 valence electrons. The van der Waals surface area contributed by atoms with Crippen LogP contribution in [-0.4, -0.2) is 190 Å². The van der Waals surface area contributed by atoms with Crippen LogP contribution in [0.1, 0.15) is 129 Å². The van der Waals surface area contributed by atoms with E-state index in [9.17, 15) is 54.7 Å². The molecule has 3 heterocycles. The molecule has 3 saturated heterocycles. The predicted molar refractivity (Wildman–Crippen MR) is 372 cm³/mol. The number of amides is 5. The number of hydrogen-bond donors (Lipinski definition) is 1. The van der Waals surface area contributed by atoms with E-state index in [4.69, 9.17) is 14.2 Å². The first-order valence-electron chi connectivity index (χ1n) is 35.0. The Morgan fingerprint density at radius 1 is 0.644 bits per heavy atom. The van der Waals surface area contributed by atoms with Crippen molar-refractivity contribution in [3.63, 3.8) is 0 Å². The number of likely N-dealkylation sites (N-methyl/N-ethyl adjacent to an activating group) is 2. The van der Waals surface area contributed by atoms with Crippen LogP contribution in [-0.2, 0) is 60.1 Å². The Morgan fingerprint density at radius 3 is 1.95 bits per heavy atom. The van der Waals surface area contributed by atoms with Crippen molar-refractivity contribution in [3.05, 3.63) is 195 Å². The summed E-state index contributed by atoms with van der Waals surface area (Å²) in [5.74, 6) is -1.76. The van der Waals surface area contributed by atoms with Crippen molar-refractivity contribution in [1.82, 2.24) is 34.3 Å². The molecule has 1 aliphatic carbocycles. The summed E-state index contributed by atoms with van der Waals surface area (Å²) in [7, 11) is 7.46. The van der Waals surface area contributed by atoms with Gasteiger partial charge in [-0.15, -0.1) is 0 Å². The second-order valence-electron chi connectivity index (χ2n) is 27.8. The summed E-state index contributed by atoms with van der Waals surface area (Å²) in [4.78, 5) is 80.4. The zero-order valence-electron chi connectivity index (χ0n) is 58.6. The van der Waals surface area contributed by atoms with Gasteiger partial charge in [-0.3, -0.25) is 24.5 Å². The first kappa shape index (κ1) is 75.4. The van der Waals surface area contributed by atoms with E-state index in [0.29, 0.717) is 100 Å². The Hall–Kier alpha value is -8.22. The maximum absolute atomic E-state index is 14.3. The van der Waals surface area contributed by atoms with Crippen molar-refractivity contribution in [1.29, 1.82) is 0 Å². The number of halogens is 7. The van der Waals surface area contributed by atoms with Gasteiger partial charge < -0.3 is 48.5 Å². The molecule has 0 radical (unpaired) electrons. The number of para-hydroxylation sites is 1. The fraction of sp³-hybridized carbons (Fsp3) is 0.474. The van der Waals surface area contributed by atoms with Crippen LogP contribution in [0.3, 0.4) is 0 Å². The van der Waals surface area contributed by atoms with E-state index >= 15 is 0 Å². The highest BCUT2D eigenvalue weighted by Gasteiger charge is 2.50. The Labute approximate surface area is 587 Å². The number of hydrogen-bond acceptors (Lipinski definition) is 11. The summed E-state index contributed by atoms with van der Waals surface area (Å²) in [5, 5.41) is 2.94. The Balaban J connectivity index is 0.617. The van der Waals surface area contributed by atoms with Gasteiger partial charge in [0.05, 0.1) is 29.5 Å². The van der Waals surface area contributed by atoms with Crippen LogP contribution >= 0.6 is 0 Å². The number of aryl methyl sites for hydroxylation is 2. The lowest BCUT2D eigenvalue weighted by atomic mass is 9.72. The van der Waals surface area contributed by atoms with Gasteiger partial charge in [-0.2, -0.15) is 26.3 Å². The highest BCUT2D eigenvalue weighted by Crippen LogP contribution is 2.49. The van der Waals surface area contributed by atoms with Gasteiger partial charge in [0, 0.05) is 102 Å². The van der Waals surface area contributed by atoms with Crippen LogP contribution < -0.4 is 5.32 Å². The Bertz CT molecular complexity index is 3790. The fourth-order valence-corrected chi connectivity index (χ4v) is 14.7. The van der Waals surface area contributed by atoms with Crippen molar-refractivity contribution < 1.29 is 68.9 Å². The number of nitrogens with zero attached hydrogens (tertiary/aromatic N) is 7. The largest absolute Gasteiger partial charge is 0.446 e. The molecular formula is C78H93F7N8O8. The van der Waals surface area contributed by atoms with Gasteiger partial charge in [0.25, 0.3) is 11.8 Å². The number of rotatable bonds is 27. The van der Waals surface area contributed by atoms with Crippen molar-refractivity contribution in [3.8, 4) is 11.1 Å². The van der Waals surface area contributed by atoms with Crippen LogP contribution in [0.15, 0.2) is 133 Å². The molecule has 23 heteroatoms. The smallest absolute Gasteiger partial charge is 0.416 e. The van der Waals surface area contributed by atoms with Gasteiger partial charge in [-0.1, -0.05) is 91.3 Å². The minimum atomic E-state index is -5.15. The summed E-state index contributed by atoms with van der Waals surface area (Å²) < 4.78 is 116. The highest BCUT2D eigenvalue weighted by molar-refractivity contribution is 5.96. The van der Waals surface area contributed by atoms with Gasteiger partial charge in [0.15, 0.2) is 0 Å². The van der Waals surface area contributed by atoms with E-state index in [1.54, 1.807) is 23.9 Å². The number of unbranched alkanes of at least 4 members (excludes halogenated alkanes) is 2. The van der Waals surface area contributed by atoms with E-state index < -0.39 is 64.6 Å². The van der Waals surface area contributed by atoms with Gasteiger partial charge in [-0.25, -0.2) is 9.18 Å². The van der Waals surface area contributed by atoms with E-state index in [1.807, 2.05) is 105 Å². The number of likely N-dealkylation sites (tertiary alicyclic amines) is 2. The molecule has 4 aliphatic rings. The van der Waals surface area contributed by atoms with Crippen LogP contribution in [0.2, 0.25) is 0 Å². The molecular weight excluding hydrogens is 1310 g/mol. The number of benzene rings is 6. The summed E-state index contributed by atoms with van der Waals surface area (Å²) >= 11 is 0. The SMILES string of the molecule is Cc1cc(C(=O)N(C)CCCN(C)C(=O)CO[C@H]2Cc3ccccc3C23CCN(CC[C@@]2(c4ccc(F)cc4)CN(C(=O)c4cc(C(F)(F)F)cc(C(F)(F)F)c4)CO2)CC3)cc(C)c1CN(C)CCCCCC(=O)N(C)CCN1CCC(OC(=O)Nc2ccccc2-c2ccccc2)CC1. The normalized spacial score (nSPS) is 18.0. The van der Waals surface area contributed by atoms with Gasteiger partial charge >= 0.3 is 18.4 Å². The van der Waals surface area contributed by atoms with Crippen LogP contribution in [0.25, 0.3) is 11.1 Å². The molecule has 3 fully saturated rings. The molecule has 0 bridgehead atoms. The van der Waals surface area contributed by atoms with Crippen molar-refractivity contribution >= 4 is 35.4 Å². The zero-order chi connectivity index (χ0) is 72.2. The first-order valence-corrected chi connectivity index (χ1v) is 35.0. The lowest BCUT2D eigenvalue weighted by Crippen LogP contribution is -2.50. The van der Waals surface area contributed by atoms with Gasteiger partial charge in [0.1, 0.15) is 30.9 Å². The lowest BCUT2D eigenvalue weighted by Gasteiger charge is -2.44. The molecule has 16 nitrogen and oxygen atoms in total. The van der Waals surface area contributed by atoms with Gasteiger partial charge in [-0.05, 0) is 186 Å². The average Bonchev–Trinajstić information content (AvgIpc) is 1.59. The third kappa shape index (κ3) is 19.1. The van der Waals surface area contributed by atoms with Crippen LogP contribution in [0, 0.1) is 19.7 Å². The van der Waals surface area contributed by atoms with Crippen molar-refractivity contribution in [2.24, 2.45) is 0 Å². The number of carbonyl (C=O) groups excluding carboxylic acids is 5. The second-order valence-corrected chi connectivity index (χ2v) is 27.8. The number of nitrogens with one attached hydrogen (secondary N) is 1. The molecule has 0 unspecified atom stereocenters. The monoisotopic (exact) mass is 1400 g/mol. The molecule has 3 aliphatic heterocycles. The van der Waals surface area contributed by atoms with Crippen molar-refractivity contribution in [2.75, 3.05) is 119 Å². The third-order valence-electron chi connectivity index (χ3n) is 20.8. The summed E-state index contributed by atoms with van der Waals surface area (Å²) in [6, 6.07) is 35.9. The number of alkyl halides is 6. The number of anilines is 1. The average molecular weight is 1400 g/mol. The molecule has 0 aromatic heterocycles. The lowest BCUT2D eigenvalue weighted by molar-refractivity contribution is -0.143. The maximum Gasteiger partial charge on any atom is 0.416 e. The summed E-state index contributed by atoms with van der Waals surface area (Å²) in [6.45, 7) is 10.3. The molecule has 1 spiro atoms. The fourth-order valence-electron chi connectivity index (χ4n) is 14.7. The van der Waals surface area contributed by atoms with Crippen LogP contribution in [0.4, 0.5) is 41.2 Å². The number of carbonyl (C=O) groups is 5. The van der Waals surface area contributed by atoms with E-state index in [1.165, 1.54) is 35.4 Å². The molecule has 6 aromatic rings. The summed E-state index contributed by atoms with van der Waals surface area (Å²) in [5.41, 5.74) is 3.61. The topological polar surface area (TPSA) is 148 Å². The highest BCUT2D eigenvalue weighted by atomic mass is 19.4. The van der Waals surface area contributed by atoms with E-state index in [2.05, 4.69) is 39.2 Å². The predicted octanol–water partition coefficient (Wildman–Crippen LogP) is 13.6. The molecule has 2 atom stereocenters. The minimum absolute atomic E-state index is 0.0264. The Morgan fingerprint density at radius 2 is 1.27 bits per heavy atom. The molecule has 6 aromatic carbocycles. The molecule has 0 saturated carbocycles. The van der Waals surface area contributed by atoms with Crippen molar-refractivity contribution in [2.45, 2.75) is 127 Å². The van der Waals surface area contributed by atoms with Gasteiger partial charge in [0.2, 0.25) is 11.8 Å². The molecule has 10 rings (SSSR count). The minimum Gasteiger partial charge on any atom is -0.446 e. The second kappa shape index (κ2) is 33.3. The maximum atomic E-state index is 14.3. The molecule has 1 N–H and O–H groups in total. The van der Waals surface area contributed by atoms with E-state index in [-0.39, 0.29) is 55.6 Å². The quantitative estimate of drug-likeness (QED) is 0.0388. The number of piperidine rings is 2. The number of fused-ring (bicyclic) bond motifs is 2. The molecule has 5 amide bonds. The molecule has 101 heavy (non-hydrogen) atoms. The standard InChI is InChI=1S/C78H93F7N8O8/c1-54-44-58(45-55(2)66(54)50-87(3)34-16-8-11-24-70(94)89(5)42-43-91-37-29-64(30-38-91)101-74(98)86-68-23-15-13-21-65(68)56-18-9-7-10-19-56)72(96)90(6)36-17-35-88(4)71(95)51-99-69-48-57-20-12-14-22-67(57)75(69)31-39-92(40-32-75)41-33-76(60-25-27-63(79)28-26-60)52-93(53-100-76)73(97)59-46-61(77(80,81)82)49-62(47-59)78(83,84)85/h7,9-10,12-15,18-23,25-28,44-47,49,64,69H,8,11,16-17,24,29-43,48,50-53H2,1-6H3,(H,86,98)/t69-,76-/m0/s1.